The van der Waals surface area contributed by atoms with Gasteiger partial charge < -0.3 is 15.2 Å². The molecular formula is C33H41N5O2S. The Bertz CT molecular complexity index is 1450. The number of benzene rings is 2. The lowest BCUT2D eigenvalue weighted by Gasteiger charge is -2.24. The van der Waals surface area contributed by atoms with E-state index in [0.717, 1.165) is 55.6 Å². The van der Waals surface area contributed by atoms with Crippen LogP contribution in [0.1, 0.15) is 78.7 Å². The van der Waals surface area contributed by atoms with E-state index in [1.54, 1.807) is 11.3 Å². The number of fused-ring (bicyclic) bond motifs is 1. The van der Waals surface area contributed by atoms with E-state index in [-0.39, 0.29) is 18.4 Å². The maximum Gasteiger partial charge on any atom is 0.251 e. The molecule has 4 aromatic rings. The van der Waals surface area contributed by atoms with Crippen LogP contribution in [0.3, 0.4) is 0 Å². The largest absolute Gasteiger partial charge is 0.354 e. The number of thiophene rings is 1. The molecule has 2 amide bonds. The van der Waals surface area contributed by atoms with Crippen LogP contribution < -0.4 is 10.6 Å². The first-order chi connectivity index (χ1) is 20.0. The third-order valence-electron chi connectivity index (χ3n) is 8.39. The zero-order chi connectivity index (χ0) is 28.8. The smallest absolute Gasteiger partial charge is 0.251 e. The van der Waals surface area contributed by atoms with Crippen molar-refractivity contribution in [2.45, 2.75) is 58.5 Å². The van der Waals surface area contributed by atoms with Crippen LogP contribution in [0.25, 0.3) is 11.0 Å². The summed E-state index contributed by atoms with van der Waals surface area (Å²) in [5.41, 5.74) is 3.70. The highest BCUT2D eigenvalue weighted by Gasteiger charge is 2.27. The minimum atomic E-state index is -0.261. The molecule has 2 unspecified atom stereocenters. The van der Waals surface area contributed by atoms with Gasteiger partial charge >= 0.3 is 0 Å². The van der Waals surface area contributed by atoms with Crippen molar-refractivity contribution in [1.29, 1.82) is 0 Å². The van der Waals surface area contributed by atoms with Crippen molar-refractivity contribution in [1.82, 2.24) is 25.1 Å². The number of nitrogens with one attached hydrogen (secondary N) is 2. The fourth-order valence-corrected chi connectivity index (χ4v) is 6.65. The van der Waals surface area contributed by atoms with Gasteiger partial charge in [-0.1, -0.05) is 50.2 Å². The lowest BCUT2D eigenvalue weighted by Crippen LogP contribution is -2.39. The third kappa shape index (κ3) is 6.88. The summed E-state index contributed by atoms with van der Waals surface area (Å²) in [6.45, 7) is 9.22. The molecule has 7 nitrogen and oxygen atoms in total. The van der Waals surface area contributed by atoms with Crippen molar-refractivity contribution in [2.24, 2.45) is 5.92 Å². The van der Waals surface area contributed by atoms with Crippen molar-refractivity contribution in [2.75, 3.05) is 26.2 Å². The first-order valence-electron chi connectivity index (χ1n) is 14.8. The second kappa shape index (κ2) is 13.4. The van der Waals surface area contributed by atoms with E-state index in [2.05, 4.69) is 82.7 Å². The van der Waals surface area contributed by atoms with E-state index < -0.39 is 0 Å². The molecule has 3 heterocycles. The maximum atomic E-state index is 13.0. The van der Waals surface area contributed by atoms with E-state index in [1.807, 2.05) is 24.3 Å². The number of carbonyl (C=O) groups excluding carboxylic acids is 2. The number of rotatable bonds is 12. The first kappa shape index (κ1) is 29.0. The molecule has 2 N–H and O–H groups in total. The Labute approximate surface area is 247 Å². The van der Waals surface area contributed by atoms with Crippen LogP contribution in [-0.2, 0) is 11.2 Å². The van der Waals surface area contributed by atoms with Gasteiger partial charge in [0.25, 0.3) is 5.91 Å². The van der Waals surface area contributed by atoms with Gasteiger partial charge in [-0.2, -0.15) is 0 Å². The highest BCUT2D eigenvalue weighted by Crippen LogP contribution is 2.29. The molecule has 0 saturated carbocycles. The standard InChI is InChI=1S/C33H41N5O2S/c1-4-27(5-2)38-30-14-13-26(18-29(30)36-31(38)19-28-12-9-17-41-28)33(40)35-21-32(39)34-20-24-15-16-37(22-24)23(3)25-10-7-6-8-11-25/h6-14,17-18,23-24,27H,4-5,15-16,19-22H2,1-3H3,(H,34,39)(H,35,40). The fourth-order valence-electron chi connectivity index (χ4n) is 5.95. The minimum absolute atomic E-state index is 0.0421. The van der Waals surface area contributed by atoms with Crippen LogP contribution in [0.2, 0.25) is 0 Å². The van der Waals surface area contributed by atoms with Gasteiger partial charge in [0.15, 0.2) is 0 Å². The van der Waals surface area contributed by atoms with Gasteiger partial charge in [0.2, 0.25) is 5.91 Å². The Morgan fingerprint density at radius 2 is 1.85 bits per heavy atom. The fraction of sp³-hybridized carbons (Fsp3) is 0.424. The Hall–Kier alpha value is -3.49. The molecule has 2 aromatic carbocycles. The normalized spacial score (nSPS) is 16.3. The highest BCUT2D eigenvalue weighted by molar-refractivity contribution is 7.09. The second-order valence-corrected chi connectivity index (χ2v) is 12.1. The van der Waals surface area contributed by atoms with Crippen LogP contribution in [0.5, 0.6) is 0 Å². The number of imidazole rings is 1. The summed E-state index contributed by atoms with van der Waals surface area (Å²) >= 11 is 1.73. The van der Waals surface area contributed by atoms with E-state index in [1.165, 1.54) is 10.4 Å². The molecule has 1 aliphatic heterocycles. The summed E-state index contributed by atoms with van der Waals surface area (Å²) in [4.78, 5) is 34.2. The van der Waals surface area contributed by atoms with Crippen molar-refractivity contribution >= 4 is 34.2 Å². The Morgan fingerprint density at radius 1 is 1.05 bits per heavy atom. The molecule has 0 aliphatic carbocycles. The molecule has 1 saturated heterocycles. The molecule has 216 valence electrons. The SMILES string of the molecule is CCC(CC)n1c(Cc2cccs2)nc2cc(C(=O)NCC(=O)NCC3CCN(C(C)c4ccccc4)C3)ccc21. The Morgan fingerprint density at radius 3 is 2.59 bits per heavy atom. The van der Waals surface area contributed by atoms with E-state index in [4.69, 9.17) is 4.98 Å². The van der Waals surface area contributed by atoms with Crippen molar-refractivity contribution in [3.8, 4) is 0 Å². The van der Waals surface area contributed by atoms with Crippen molar-refractivity contribution in [3.63, 3.8) is 0 Å². The van der Waals surface area contributed by atoms with Crippen LogP contribution in [0.15, 0.2) is 66.0 Å². The second-order valence-electron chi connectivity index (χ2n) is 11.1. The monoisotopic (exact) mass is 571 g/mol. The summed E-state index contributed by atoms with van der Waals surface area (Å²) in [6, 6.07) is 21.1. The number of amides is 2. The molecule has 2 atom stereocenters. The Kier molecular flexibility index (Phi) is 9.52. The molecule has 0 bridgehead atoms. The average Bonchev–Trinajstić information content (AvgIpc) is 3.76. The number of aromatic nitrogens is 2. The van der Waals surface area contributed by atoms with Gasteiger partial charge in [0.1, 0.15) is 5.82 Å². The van der Waals surface area contributed by atoms with Gasteiger partial charge in [-0.25, -0.2) is 4.98 Å². The molecule has 5 rings (SSSR count). The van der Waals surface area contributed by atoms with Crippen molar-refractivity contribution in [3.05, 3.63) is 87.9 Å². The van der Waals surface area contributed by atoms with Crippen LogP contribution >= 0.6 is 11.3 Å². The maximum absolute atomic E-state index is 13.0. The van der Waals surface area contributed by atoms with Crippen molar-refractivity contribution < 1.29 is 9.59 Å². The Balaban J connectivity index is 1.16. The molecule has 1 aliphatic rings. The molecule has 0 radical (unpaired) electrons. The third-order valence-corrected chi connectivity index (χ3v) is 9.27. The van der Waals surface area contributed by atoms with E-state index in [9.17, 15) is 9.59 Å². The number of hydrogen-bond acceptors (Lipinski definition) is 5. The summed E-state index contributed by atoms with van der Waals surface area (Å²) in [5, 5.41) is 7.91. The van der Waals surface area contributed by atoms with E-state index >= 15 is 0 Å². The first-order valence-corrected chi connectivity index (χ1v) is 15.7. The quantitative estimate of drug-likeness (QED) is 0.219. The van der Waals surface area contributed by atoms with Gasteiger partial charge in [-0.15, -0.1) is 11.3 Å². The molecule has 1 fully saturated rings. The van der Waals surface area contributed by atoms with Gasteiger partial charge in [-0.05, 0) is 73.9 Å². The van der Waals surface area contributed by atoms with Crippen LogP contribution in [0, 0.1) is 5.92 Å². The zero-order valence-corrected chi connectivity index (χ0v) is 25.1. The number of carbonyl (C=O) groups is 2. The van der Waals surface area contributed by atoms with E-state index in [0.29, 0.717) is 30.1 Å². The number of likely N-dealkylation sites (tertiary alicyclic amines) is 1. The predicted molar refractivity (Wildman–Crippen MR) is 166 cm³/mol. The van der Waals surface area contributed by atoms with Crippen LogP contribution in [-0.4, -0.2) is 52.4 Å². The predicted octanol–water partition coefficient (Wildman–Crippen LogP) is 5.98. The lowest BCUT2D eigenvalue weighted by molar-refractivity contribution is -0.120. The lowest BCUT2D eigenvalue weighted by atomic mass is 10.1. The molecule has 0 spiro atoms. The number of hydrogen-bond donors (Lipinski definition) is 2. The molecule has 2 aromatic heterocycles. The topological polar surface area (TPSA) is 79.3 Å². The minimum Gasteiger partial charge on any atom is -0.354 e. The molecule has 41 heavy (non-hydrogen) atoms. The summed E-state index contributed by atoms with van der Waals surface area (Å²) < 4.78 is 2.34. The van der Waals surface area contributed by atoms with Gasteiger partial charge in [-0.3, -0.25) is 14.5 Å². The van der Waals surface area contributed by atoms with Gasteiger partial charge in [0.05, 0.1) is 17.6 Å². The summed E-state index contributed by atoms with van der Waals surface area (Å²) in [5.74, 6) is 1.02. The summed E-state index contributed by atoms with van der Waals surface area (Å²) in [7, 11) is 0. The number of nitrogens with zero attached hydrogens (tertiary/aromatic N) is 3. The molecular weight excluding hydrogens is 530 g/mol. The summed E-state index contributed by atoms with van der Waals surface area (Å²) in [6.07, 6.45) is 3.86. The molecule has 8 heteroatoms. The van der Waals surface area contributed by atoms with Crippen LogP contribution in [0.4, 0.5) is 0 Å². The average molecular weight is 572 g/mol. The van der Waals surface area contributed by atoms with Gasteiger partial charge in [0, 0.05) is 42.0 Å². The highest BCUT2D eigenvalue weighted by atomic mass is 32.1. The zero-order valence-electron chi connectivity index (χ0n) is 24.3.